The average Bonchev–Trinajstić information content (AvgIpc) is 3.48. The number of rotatable bonds is 7. The predicted octanol–water partition coefficient (Wildman–Crippen LogP) is 6.10. The molecule has 0 unspecified atom stereocenters. The van der Waals surface area contributed by atoms with Crippen molar-refractivity contribution in [3.63, 3.8) is 0 Å². The molecule has 0 radical (unpaired) electrons. The van der Waals surface area contributed by atoms with Crippen molar-refractivity contribution in [3.8, 4) is 17.4 Å². The lowest BCUT2D eigenvalue weighted by atomic mass is 10.1. The van der Waals surface area contributed by atoms with E-state index >= 15 is 0 Å². The van der Waals surface area contributed by atoms with Gasteiger partial charge in [0.25, 0.3) is 11.6 Å². The second-order valence-electron chi connectivity index (χ2n) is 7.03. The summed E-state index contributed by atoms with van der Waals surface area (Å²) < 4.78 is 5.68. The van der Waals surface area contributed by atoms with Gasteiger partial charge in [-0.2, -0.15) is 5.26 Å². The number of nitrogens with one attached hydrogen (secondary N) is 1. The van der Waals surface area contributed by atoms with Gasteiger partial charge >= 0.3 is 0 Å². The third kappa shape index (κ3) is 5.38. The number of hydrogen-bond acceptors (Lipinski definition) is 7. The lowest BCUT2D eigenvalue weighted by Crippen LogP contribution is -2.13. The van der Waals surface area contributed by atoms with Crippen LogP contribution in [0.25, 0.3) is 17.4 Å². The molecule has 0 aliphatic heterocycles. The molecule has 0 aliphatic carbocycles. The second-order valence-corrected chi connectivity index (χ2v) is 8.55. The molecule has 0 spiro atoms. The van der Waals surface area contributed by atoms with Crippen LogP contribution < -0.4 is 5.32 Å². The van der Waals surface area contributed by atoms with Crippen LogP contribution in [0.3, 0.4) is 0 Å². The molecular weight excluding hydrogens is 476 g/mol. The largest absolute Gasteiger partial charge is 0.457 e. The number of carbonyl (C=O) groups excluding carboxylic acids is 1. The zero-order valence-corrected chi connectivity index (χ0v) is 19.0. The second kappa shape index (κ2) is 10.1. The summed E-state index contributed by atoms with van der Waals surface area (Å²) in [6, 6.07) is 18.5. The molecule has 4 rings (SSSR count). The molecule has 0 aliphatic rings. The number of amides is 1. The number of nitro benzene ring substituents is 1. The predicted molar refractivity (Wildman–Crippen MR) is 129 cm³/mol. The molecule has 0 saturated heterocycles. The Hall–Kier alpha value is -4.26. The molecule has 168 valence electrons. The number of hydrogen-bond donors (Lipinski definition) is 1. The monoisotopic (exact) mass is 490 g/mol. The maximum absolute atomic E-state index is 12.6. The number of thiazole rings is 1. The van der Waals surface area contributed by atoms with Crippen molar-refractivity contribution in [2.24, 2.45) is 0 Å². The smallest absolute Gasteiger partial charge is 0.269 e. The van der Waals surface area contributed by atoms with Gasteiger partial charge in [0.2, 0.25) is 0 Å². The summed E-state index contributed by atoms with van der Waals surface area (Å²) in [7, 11) is 0. The summed E-state index contributed by atoms with van der Waals surface area (Å²) in [5.41, 5.74) is 1.38. The van der Waals surface area contributed by atoms with Crippen molar-refractivity contribution in [2.75, 3.05) is 5.32 Å². The van der Waals surface area contributed by atoms with Crippen LogP contribution in [0.1, 0.15) is 16.2 Å². The van der Waals surface area contributed by atoms with E-state index < -0.39 is 10.8 Å². The summed E-state index contributed by atoms with van der Waals surface area (Å²) in [6.45, 7) is 0. The first-order chi connectivity index (χ1) is 16.4. The van der Waals surface area contributed by atoms with Crippen molar-refractivity contribution < 1.29 is 14.1 Å². The minimum atomic E-state index is -0.616. The fraction of sp³-hybridized carbons (Fsp3) is 0.0417. The van der Waals surface area contributed by atoms with Gasteiger partial charge in [0.05, 0.1) is 4.92 Å². The van der Waals surface area contributed by atoms with Crippen LogP contribution >= 0.6 is 22.9 Å². The molecule has 2 aromatic carbocycles. The van der Waals surface area contributed by atoms with Crippen molar-refractivity contribution in [1.29, 1.82) is 5.26 Å². The highest BCUT2D eigenvalue weighted by molar-refractivity contribution is 7.15. The van der Waals surface area contributed by atoms with Gasteiger partial charge in [-0.3, -0.25) is 20.2 Å². The first-order valence-electron chi connectivity index (χ1n) is 9.89. The summed E-state index contributed by atoms with van der Waals surface area (Å²) in [6.07, 6.45) is 3.55. The number of anilines is 1. The van der Waals surface area contributed by atoms with E-state index in [4.69, 9.17) is 16.0 Å². The fourth-order valence-electron chi connectivity index (χ4n) is 3.06. The summed E-state index contributed by atoms with van der Waals surface area (Å²) >= 11 is 7.49. The molecule has 4 aromatic rings. The first kappa shape index (κ1) is 22.9. The molecule has 0 atom stereocenters. The van der Waals surface area contributed by atoms with Crippen molar-refractivity contribution >= 4 is 45.7 Å². The van der Waals surface area contributed by atoms with Gasteiger partial charge < -0.3 is 4.42 Å². The van der Waals surface area contributed by atoms with E-state index in [1.54, 1.807) is 30.5 Å². The van der Waals surface area contributed by atoms with E-state index in [1.165, 1.54) is 29.5 Å². The molecule has 10 heteroatoms. The Morgan fingerprint density at radius 1 is 1.21 bits per heavy atom. The summed E-state index contributed by atoms with van der Waals surface area (Å²) in [4.78, 5) is 28.0. The lowest BCUT2D eigenvalue weighted by molar-refractivity contribution is -0.384. The average molecular weight is 491 g/mol. The van der Waals surface area contributed by atoms with Crippen LogP contribution in [0, 0.1) is 21.4 Å². The topological polar surface area (TPSA) is 122 Å². The Kier molecular flexibility index (Phi) is 6.82. The summed E-state index contributed by atoms with van der Waals surface area (Å²) in [5.74, 6) is 0.121. The zero-order chi connectivity index (χ0) is 24.1. The third-order valence-corrected chi connectivity index (χ3v) is 6.02. The number of nitro groups is 1. The van der Waals surface area contributed by atoms with Crippen LogP contribution in [0.4, 0.5) is 10.8 Å². The number of halogens is 1. The zero-order valence-electron chi connectivity index (χ0n) is 17.4. The van der Waals surface area contributed by atoms with E-state index in [0.29, 0.717) is 33.7 Å². The highest BCUT2D eigenvalue weighted by Gasteiger charge is 2.14. The number of benzene rings is 2. The maximum Gasteiger partial charge on any atom is 0.269 e. The highest BCUT2D eigenvalue weighted by Crippen LogP contribution is 2.27. The summed E-state index contributed by atoms with van der Waals surface area (Å²) in [5, 5.41) is 23.9. The molecule has 1 N–H and O–H groups in total. The van der Waals surface area contributed by atoms with Crippen molar-refractivity contribution in [2.45, 2.75) is 6.42 Å². The van der Waals surface area contributed by atoms with Crippen molar-refractivity contribution in [3.05, 3.63) is 104 Å². The molecule has 8 nitrogen and oxygen atoms in total. The lowest BCUT2D eigenvalue weighted by Gasteiger charge is -2.01. The Bertz CT molecular complexity index is 1430. The Morgan fingerprint density at radius 2 is 1.97 bits per heavy atom. The number of nitrogens with zero attached hydrogens (tertiary/aromatic N) is 3. The molecular formula is C24H15ClN4O4S. The van der Waals surface area contributed by atoms with Crippen LogP contribution in [-0.2, 0) is 11.2 Å². The number of carbonyl (C=O) groups is 1. The molecule has 0 bridgehead atoms. The first-order valence-corrected chi connectivity index (χ1v) is 11.1. The number of nitriles is 1. The maximum atomic E-state index is 12.6. The Labute approximate surface area is 202 Å². The molecule has 0 fully saturated rings. The van der Waals surface area contributed by atoms with Gasteiger partial charge in [-0.25, -0.2) is 4.98 Å². The SMILES string of the molecule is N#CC(=Cc1ccc(-c2ccc([N+](=O)[O-])cc2)o1)C(=O)Nc1ncc(Cc2ccccc2Cl)s1. The van der Waals surface area contributed by atoms with Crippen LogP contribution in [0.15, 0.2) is 76.9 Å². The number of aromatic nitrogens is 1. The van der Waals surface area contributed by atoms with E-state index in [-0.39, 0.29) is 11.3 Å². The molecule has 0 saturated carbocycles. The molecule has 1 amide bonds. The van der Waals surface area contributed by atoms with Crippen LogP contribution in [0.5, 0.6) is 0 Å². The highest BCUT2D eigenvalue weighted by atomic mass is 35.5. The van der Waals surface area contributed by atoms with Gasteiger partial charge in [-0.05, 0) is 35.9 Å². The van der Waals surface area contributed by atoms with Gasteiger partial charge in [-0.15, -0.1) is 11.3 Å². The number of non-ortho nitro benzene ring substituents is 1. The van der Waals surface area contributed by atoms with E-state index in [1.807, 2.05) is 30.3 Å². The Morgan fingerprint density at radius 3 is 2.68 bits per heavy atom. The fourth-order valence-corrected chi connectivity index (χ4v) is 4.10. The third-order valence-electron chi connectivity index (χ3n) is 4.74. The van der Waals surface area contributed by atoms with Crippen LogP contribution in [-0.4, -0.2) is 15.8 Å². The normalized spacial score (nSPS) is 11.1. The van der Waals surface area contributed by atoms with Gasteiger partial charge in [0, 0.05) is 46.3 Å². The van der Waals surface area contributed by atoms with Crippen LogP contribution in [0.2, 0.25) is 5.02 Å². The van der Waals surface area contributed by atoms with Gasteiger partial charge in [0.15, 0.2) is 5.13 Å². The van der Waals surface area contributed by atoms with Gasteiger partial charge in [0.1, 0.15) is 23.2 Å². The quantitative estimate of drug-likeness (QED) is 0.144. The molecule has 2 heterocycles. The van der Waals surface area contributed by atoms with E-state index in [2.05, 4.69) is 10.3 Å². The molecule has 34 heavy (non-hydrogen) atoms. The molecule has 2 aromatic heterocycles. The minimum absolute atomic E-state index is 0.0314. The standard InChI is InChI=1S/C24H15ClN4O4S/c25-21-4-2-1-3-16(21)12-20-14-27-24(34-20)28-23(30)17(13-26)11-19-9-10-22(33-19)15-5-7-18(8-6-15)29(31)32/h1-11,14H,12H2,(H,27,28,30). The van der Waals surface area contributed by atoms with E-state index in [9.17, 15) is 20.2 Å². The Balaban J connectivity index is 1.45. The van der Waals surface area contributed by atoms with Crippen molar-refractivity contribution in [1.82, 2.24) is 4.98 Å². The number of furan rings is 1. The van der Waals surface area contributed by atoms with Gasteiger partial charge in [-0.1, -0.05) is 29.8 Å². The van der Waals surface area contributed by atoms with E-state index in [0.717, 1.165) is 10.4 Å². The minimum Gasteiger partial charge on any atom is -0.457 e.